The third kappa shape index (κ3) is 5.05. The van der Waals surface area contributed by atoms with Gasteiger partial charge < -0.3 is 15.3 Å². The summed E-state index contributed by atoms with van der Waals surface area (Å²) in [4.78, 5) is 2.57. The van der Waals surface area contributed by atoms with Gasteiger partial charge in [0.2, 0.25) is 0 Å². The molecule has 7 atom stereocenters. The Balaban J connectivity index is 1.46. The van der Waals surface area contributed by atoms with Crippen LogP contribution in [0.1, 0.15) is 85.5 Å². The first kappa shape index (κ1) is 25.2. The molecule has 0 amide bonds. The molecule has 4 heteroatoms. The van der Waals surface area contributed by atoms with Crippen molar-refractivity contribution < 1.29 is 15.3 Å². The van der Waals surface area contributed by atoms with Gasteiger partial charge in [0.1, 0.15) is 0 Å². The van der Waals surface area contributed by atoms with E-state index < -0.39 is 17.8 Å². The van der Waals surface area contributed by atoms with E-state index >= 15 is 0 Å². The monoisotopic (exact) mass is 457 g/mol. The van der Waals surface area contributed by atoms with Crippen molar-refractivity contribution in [3.05, 3.63) is 35.5 Å². The average Bonchev–Trinajstić information content (AvgIpc) is 3.34. The van der Waals surface area contributed by atoms with Gasteiger partial charge in [0.05, 0.1) is 17.8 Å². The lowest BCUT2D eigenvalue weighted by molar-refractivity contribution is -0.0143. The van der Waals surface area contributed by atoms with Gasteiger partial charge in [-0.25, -0.2) is 0 Å². The zero-order valence-electron chi connectivity index (χ0n) is 21.4. The van der Waals surface area contributed by atoms with Gasteiger partial charge in [0.25, 0.3) is 0 Å². The van der Waals surface area contributed by atoms with Crippen LogP contribution in [0.3, 0.4) is 0 Å². The van der Waals surface area contributed by atoms with Crippen LogP contribution in [0.25, 0.3) is 0 Å². The molecule has 0 bridgehead atoms. The van der Waals surface area contributed by atoms with E-state index in [1.54, 1.807) is 5.57 Å². The van der Waals surface area contributed by atoms with Crippen molar-refractivity contribution in [2.75, 3.05) is 13.1 Å². The highest BCUT2D eigenvalue weighted by Gasteiger charge is 2.51. The van der Waals surface area contributed by atoms with Crippen LogP contribution in [0.15, 0.2) is 35.5 Å². The zero-order chi connectivity index (χ0) is 24.0. The van der Waals surface area contributed by atoms with E-state index in [9.17, 15) is 15.3 Å². The standard InChI is InChI=1S/C29H47NO3/c1-19(18-30-15-7-9-27(30)28(3,4)33)23-12-13-24-22(8-6-14-29(23,24)5)11-10-21-16-25(31)20(2)26(32)17-21/h10-11,19,23-27,31-33H,2,6-9,12-18H2,1,3-5H3/t19?,23-,24+,25-,26-,27?,29-/m1/s1. The number of hydrogen-bond acceptors (Lipinski definition) is 4. The maximum Gasteiger partial charge on any atom is 0.0809 e. The predicted octanol–water partition coefficient (Wildman–Crippen LogP) is 5.00. The molecule has 4 nitrogen and oxygen atoms in total. The highest BCUT2D eigenvalue weighted by atomic mass is 16.3. The maximum atomic E-state index is 10.7. The summed E-state index contributed by atoms with van der Waals surface area (Å²) in [5.74, 6) is 2.01. The molecule has 0 aromatic rings. The molecule has 4 fully saturated rings. The normalized spacial score (nSPS) is 40.3. The summed E-state index contributed by atoms with van der Waals surface area (Å²) in [5, 5.41) is 31.0. The van der Waals surface area contributed by atoms with Gasteiger partial charge in [-0.1, -0.05) is 43.7 Å². The van der Waals surface area contributed by atoms with Gasteiger partial charge in [-0.05, 0) is 107 Å². The molecule has 2 unspecified atom stereocenters. The third-order valence-corrected chi connectivity index (χ3v) is 9.73. The van der Waals surface area contributed by atoms with Crippen molar-refractivity contribution in [1.29, 1.82) is 0 Å². The minimum absolute atomic E-state index is 0.288. The average molecular weight is 458 g/mol. The van der Waals surface area contributed by atoms with Gasteiger partial charge in [0, 0.05) is 12.6 Å². The van der Waals surface area contributed by atoms with E-state index in [0.29, 0.717) is 35.7 Å². The molecule has 1 heterocycles. The van der Waals surface area contributed by atoms with E-state index in [-0.39, 0.29) is 6.04 Å². The van der Waals surface area contributed by atoms with Crippen molar-refractivity contribution >= 4 is 0 Å². The molecule has 1 saturated heterocycles. The maximum absolute atomic E-state index is 10.7. The Morgan fingerprint density at radius 3 is 2.48 bits per heavy atom. The quantitative estimate of drug-likeness (QED) is 0.509. The number of nitrogens with zero attached hydrogens (tertiary/aromatic N) is 1. The van der Waals surface area contributed by atoms with Crippen molar-refractivity contribution in [1.82, 2.24) is 4.90 Å². The highest BCUT2D eigenvalue weighted by Crippen LogP contribution is 2.59. The fourth-order valence-electron chi connectivity index (χ4n) is 7.98. The molecule has 33 heavy (non-hydrogen) atoms. The topological polar surface area (TPSA) is 63.9 Å². The lowest BCUT2D eigenvalue weighted by Gasteiger charge is -2.45. The first-order valence-corrected chi connectivity index (χ1v) is 13.4. The molecular weight excluding hydrogens is 410 g/mol. The van der Waals surface area contributed by atoms with Gasteiger partial charge in [0.15, 0.2) is 0 Å². The van der Waals surface area contributed by atoms with Gasteiger partial charge >= 0.3 is 0 Å². The van der Waals surface area contributed by atoms with E-state index in [1.807, 2.05) is 13.8 Å². The Kier molecular flexibility index (Phi) is 7.32. The molecule has 3 saturated carbocycles. The summed E-state index contributed by atoms with van der Waals surface area (Å²) >= 11 is 0. The minimum Gasteiger partial charge on any atom is -0.389 e. The van der Waals surface area contributed by atoms with Gasteiger partial charge in [-0.2, -0.15) is 0 Å². The van der Waals surface area contributed by atoms with Crippen molar-refractivity contribution in [3.8, 4) is 0 Å². The number of fused-ring (bicyclic) bond motifs is 1. The lowest BCUT2D eigenvalue weighted by Crippen LogP contribution is -2.48. The molecule has 4 rings (SSSR count). The Labute approximate surface area is 201 Å². The number of rotatable bonds is 5. The summed E-state index contributed by atoms with van der Waals surface area (Å²) < 4.78 is 0. The largest absolute Gasteiger partial charge is 0.389 e. The minimum atomic E-state index is -0.626. The molecule has 3 N–H and O–H groups in total. The van der Waals surface area contributed by atoms with Crippen LogP contribution in [-0.4, -0.2) is 57.2 Å². The van der Waals surface area contributed by atoms with Gasteiger partial charge in [-0.15, -0.1) is 0 Å². The number of aliphatic hydroxyl groups is 3. The predicted molar refractivity (Wildman–Crippen MR) is 135 cm³/mol. The van der Waals surface area contributed by atoms with E-state index in [0.717, 1.165) is 31.0 Å². The van der Waals surface area contributed by atoms with Crippen molar-refractivity contribution in [3.63, 3.8) is 0 Å². The Morgan fingerprint density at radius 1 is 1.12 bits per heavy atom. The summed E-state index contributed by atoms with van der Waals surface area (Å²) in [6, 6.07) is 0.288. The van der Waals surface area contributed by atoms with Crippen LogP contribution >= 0.6 is 0 Å². The fourth-order valence-corrected chi connectivity index (χ4v) is 7.98. The zero-order valence-corrected chi connectivity index (χ0v) is 21.4. The number of hydrogen-bond donors (Lipinski definition) is 3. The molecule has 0 aromatic heterocycles. The van der Waals surface area contributed by atoms with Crippen LogP contribution in [0.5, 0.6) is 0 Å². The highest BCUT2D eigenvalue weighted by molar-refractivity contribution is 5.29. The van der Waals surface area contributed by atoms with Crippen LogP contribution in [0.4, 0.5) is 0 Å². The lowest BCUT2D eigenvalue weighted by atomic mass is 9.61. The second-order valence-electron chi connectivity index (χ2n) is 12.5. The Morgan fingerprint density at radius 2 is 1.82 bits per heavy atom. The molecule has 0 aromatic carbocycles. The molecule has 3 aliphatic carbocycles. The third-order valence-electron chi connectivity index (χ3n) is 9.73. The van der Waals surface area contributed by atoms with Crippen LogP contribution in [-0.2, 0) is 0 Å². The smallest absolute Gasteiger partial charge is 0.0809 e. The number of allylic oxidation sites excluding steroid dienone is 3. The first-order valence-electron chi connectivity index (χ1n) is 13.4. The summed E-state index contributed by atoms with van der Waals surface area (Å²) in [6.07, 6.45) is 13.1. The van der Waals surface area contributed by atoms with Crippen molar-refractivity contribution in [2.24, 2.45) is 23.2 Å². The fraction of sp³-hybridized carbons (Fsp3) is 0.793. The molecular formula is C29H47NO3. The Hall–Kier alpha value is -0.940. The van der Waals surface area contributed by atoms with Crippen LogP contribution in [0, 0.1) is 23.2 Å². The second kappa shape index (κ2) is 9.60. The van der Waals surface area contributed by atoms with Crippen LogP contribution < -0.4 is 0 Å². The first-order chi connectivity index (χ1) is 15.5. The summed E-state index contributed by atoms with van der Waals surface area (Å²) in [5.41, 5.74) is 3.00. The molecule has 0 radical (unpaired) electrons. The molecule has 1 aliphatic heterocycles. The van der Waals surface area contributed by atoms with Gasteiger partial charge in [-0.3, -0.25) is 4.90 Å². The van der Waals surface area contributed by atoms with E-state index in [4.69, 9.17) is 0 Å². The number of likely N-dealkylation sites (tertiary alicyclic amines) is 1. The molecule has 186 valence electrons. The number of aliphatic hydroxyl groups excluding tert-OH is 2. The molecule has 4 aliphatic rings. The van der Waals surface area contributed by atoms with E-state index in [1.165, 1.54) is 38.5 Å². The van der Waals surface area contributed by atoms with Crippen LogP contribution in [0.2, 0.25) is 0 Å². The van der Waals surface area contributed by atoms with Crippen molar-refractivity contribution in [2.45, 2.75) is 109 Å². The summed E-state index contributed by atoms with van der Waals surface area (Å²) in [7, 11) is 0. The SMILES string of the molecule is C=C1[C@H](O)CC(=CC=C2CCC[C@]3(C)[C@@H](C(C)CN4CCCC4C(C)(C)O)CC[C@@H]23)C[C@H]1O. The van der Waals surface area contributed by atoms with E-state index in [2.05, 4.69) is 37.5 Å². The summed E-state index contributed by atoms with van der Waals surface area (Å²) in [6.45, 7) is 15.0. The second-order valence-corrected chi connectivity index (χ2v) is 12.5. The Bertz CT molecular complexity index is 777. The molecule has 0 spiro atoms.